The molecule has 0 radical (unpaired) electrons. The van der Waals surface area contributed by atoms with Crippen LogP contribution in [0.5, 0.6) is 0 Å². The van der Waals surface area contributed by atoms with Crippen LogP contribution in [0.1, 0.15) is 0 Å². The summed E-state index contributed by atoms with van der Waals surface area (Å²) in [7, 11) is 0. The van der Waals surface area contributed by atoms with Crippen LogP contribution in [0.4, 0.5) is 22.9 Å². The zero-order valence-electron chi connectivity index (χ0n) is 20.1. The summed E-state index contributed by atoms with van der Waals surface area (Å²) in [6, 6.07) is 45.7. The van der Waals surface area contributed by atoms with Gasteiger partial charge in [0.05, 0.1) is 11.4 Å². The minimum Gasteiger partial charge on any atom is -0.359 e. The first-order valence-corrected chi connectivity index (χ1v) is 12.7. The summed E-state index contributed by atoms with van der Waals surface area (Å²) in [5.41, 5.74) is 9.84. The van der Waals surface area contributed by atoms with Crippen LogP contribution in [0.15, 0.2) is 134 Å². The van der Waals surface area contributed by atoms with Crippen LogP contribution in [0.25, 0.3) is 33.0 Å². The lowest BCUT2D eigenvalue weighted by atomic mass is 9.59. The van der Waals surface area contributed by atoms with E-state index >= 15 is 0 Å². The van der Waals surface area contributed by atoms with Gasteiger partial charge in [0.15, 0.2) is 0 Å². The summed E-state index contributed by atoms with van der Waals surface area (Å²) in [5.74, 6) is 0.980. The first kappa shape index (κ1) is 20.4. The van der Waals surface area contributed by atoms with Gasteiger partial charge in [-0.15, -0.1) is 0 Å². The summed E-state index contributed by atoms with van der Waals surface area (Å²) in [5, 5.41) is 2.35. The second-order valence-electron chi connectivity index (χ2n) is 9.64. The van der Waals surface area contributed by atoms with E-state index in [1.807, 2.05) is 6.20 Å². The highest BCUT2D eigenvalue weighted by atomic mass is 15.3. The lowest BCUT2D eigenvalue weighted by molar-refractivity contribution is 1.27. The van der Waals surface area contributed by atoms with Crippen molar-refractivity contribution >= 4 is 46.1 Å². The van der Waals surface area contributed by atoms with Crippen molar-refractivity contribution < 1.29 is 0 Å². The fourth-order valence-corrected chi connectivity index (χ4v) is 6.05. The molecule has 0 saturated carbocycles. The summed E-state index contributed by atoms with van der Waals surface area (Å²) in [4.78, 5) is 9.92. The number of anilines is 4. The van der Waals surface area contributed by atoms with Crippen molar-refractivity contribution in [3.63, 3.8) is 0 Å². The Balaban J connectivity index is 1.45. The molecule has 3 heterocycles. The smallest absolute Gasteiger partial charge is 0.359 e. The van der Waals surface area contributed by atoms with Crippen molar-refractivity contribution in [2.75, 3.05) is 9.62 Å². The Hall–Kier alpha value is -4.83. The molecule has 172 valence electrons. The minimum absolute atomic E-state index is 0.0366. The molecule has 37 heavy (non-hydrogen) atoms. The van der Waals surface area contributed by atoms with Crippen LogP contribution < -0.4 is 15.1 Å². The van der Waals surface area contributed by atoms with Crippen molar-refractivity contribution in [1.29, 1.82) is 0 Å². The molecule has 0 fully saturated rings. The second-order valence-corrected chi connectivity index (χ2v) is 9.64. The van der Waals surface area contributed by atoms with E-state index in [0.29, 0.717) is 0 Å². The lowest BCUT2D eigenvalue weighted by Crippen LogP contribution is -2.55. The number of nitrogens with zero attached hydrogens (tertiary/aromatic N) is 3. The topological polar surface area (TPSA) is 19.4 Å². The van der Waals surface area contributed by atoms with Gasteiger partial charge in [-0.2, -0.15) is 0 Å². The summed E-state index contributed by atoms with van der Waals surface area (Å²) in [6.07, 6.45) is 1.93. The fraction of sp³-hybridized carbons (Fsp3) is 0. The minimum atomic E-state index is -0.0366. The Bertz CT molecular complexity index is 1810. The maximum Gasteiger partial charge on any atom is 0.422 e. The van der Waals surface area contributed by atoms with Gasteiger partial charge in [-0.3, -0.25) is 0 Å². The molecule has 2 aliphatic heterocycles. The predicted octanol–water partition coefficient (Wildman–Crippen LogP) is 7.57. The summed E-state index contributed by atoms with van der Waals surface area (Å²) < 4.78 is 0. The molecule has 1 aromatic heterocycles. The molecule has 0 N–H and O–H groups in total. The van der Waals surface area contributed by atoms with Crippen molar-refractivity contribution in [2.45, 2.75) is 0 Å². The number of fused-ring (bicyclic) bond motifs is 9. The highest BCUT2D eigenvalue weighted by molar-refractivity contribution is 6.86. The van der Waals surface area contributed by atoms with Gasteiger partial charge >= 0.3 is 6.98 Å². The van der Waals surface area contributed by atoms with Gasteiger partial charge in [-0.1, -0.05) is 103 Å². The van der Waals surface area contributed by atoms with Gasteiger partial charge in [-0.25, -0.2) is 4.98 Å². The Kier molecular flexibility index (Phi) is 4.32. The first-order chi connectivity index (χ1) is 18.4. The Labute approximate surface area is 216 Å². The van der Waals surface area contributed by atoms with Gasteiger partial charge in [0.1, 0.15) is 5.82 Å². The van der Waals surface area contributed by atoms with Crippen LogP contribution in [0.2, 0.25) is 0 Å². The molecule has 0 unspecified atom stereocenters. The van der Waals surface area contributed by atoms with Crippen LogP contribution in [-0.4, -0.2) is 12.0 Å². The number of pyridine rings is 1. The van der Waals surface area contributed by atoms with Crippen LogP contribution >= 0.6 is 0 Å². The molecule has 3 nitrogen and oxygen atoms in total. The lowest BCUT2D eigenvalue weighted by Gasteiger charge is -2.36. The van der Waals surface area contributed by atoms with E-state index in [4.69, 9.17) is 4.98 Å². The molecule has 2 aliphatic rings. The molecule has 6 aromatic rings. The zero-order chi connectivity index (χ0) is 24.3. The molecular formula is C33H22BN3. The number of hydrogen-bond acceptors (Lipinski definition) is 3. The number of hydrogen-bond donors (Lipinski definition) is 0. The molecule has 0 aliphatic carbocycles. The van der Waals surface area contributed by atoms with Gasteiger partial charge in [0.2, 0.25) is 0 Å². The maximum atomic E-state index is 4.99. The molecule has 5 aromatic carbocycles. The number of para-hydroxylation sites is 1. The Morgan fingerprint density at radius 2 is 1.27 bits per heavy atom. The molecule has 0 atom stereocenters. The van der Waals surface area contributed by atoms with Crippen LogP contribution in [0, 0.1) is 0 Å². The van der Waals surface area contributed by atoms with E-state index in [1.165, 1.54) is 50.2 Å². The van der Waals surface area contributed by atoms with E-state index in [-0.39, 0.29) is 6.98 Å². The van der Waals surface area contributed by atoms with E-state index in [1.54, 1.807) is 0 Å². The third-order valence-corrected chi connectivity index (χ3v) is 7.66. The average molecular weight is 471 g/mol. The molecule has 0 saturated heterocycles. The monoisotopic (exact) mass is 471 g/mol. The van der Waals surface area contributed by atoms with Crippen LogP contribution in [-0.2, 0) is 0 Å². The van der Waals surface area contributed by atoms with Gasteiger partial charge in [0.25, 0.3) is 0 Å². The Morgan fingerprint density at radius 3 is 2.19 bits per heavy atom. The molecule has 0 bridgehead atoms. The van der Waals surface area contributed by atoms with Crippen molar-refractivity contribution in [1.82, 2.24) is 4.98 Å². The number of benzene rings is 5. The number of aromatic nitrogens is 1. The molecule has 8 rings (SSSR count). The van der Waals surface area contributed by atoms with Crippen LogP contribution in [0.3, 0.4) is 0 Å². The normalized spacial score (nSPS) is 13.2. The zero-order valence-corrected chi connectivity index (χ0v) is 20.1. The van der Waals surface area contributed by atoms with Gasteiger partial charge in [0, 0.05) is 22.8 Å². The highest BCUT2D eigenvalue weighted by Crippen LogP contribution is 2.52. The average Bonchev–Trinajstić information content (AvgIpc) is 3.32. The van der Waals surface area contributed by atoms with E-state index < -0.39 is 0 Å². The van der Waals surface area contributed by atoms with Gasteiger partial charge < -0.3 is 9.62 Å². The molecule has 0 amide bonds. The summed E-state index contributed by atoms with van der Waals surface area (Å²) >= 11 is 0. The van der Waals surface area contributed by atoms with E-state index in [0.717, 1.165) is 11.2 Å². The largest absolute Gasteiger partial charge is 0.422 e. The standard InChI is InChI=1S/C33H22BN3/c1-2-10-23(11-3-1)25-18-19-31-32(22-25)36-30-17-9-7-15-28(30)27-14-6-8-16-29(27)34(36)37(31)33-26-13-5-4-12-24(26)20-21-35-33/h1-22H. The van der Waals surface area contributed by atoms with E-state index in [9.17, 15) is 0 Å². The molecular weight excluding hydrogens is 449 g/mol. The SMILES string of the molecule is c1ccc(-c2ccc3c(c2)N2B(c4ccccc4-c4ccccc42)N3c2nccc3ccccc23)cc1. The second kappa shape index (κ2) is 7.84. The third-order valence-electron chi connectivity index (χ3n) is 7.66. The predicted molar refractivity (Wildman–Crippen MR) is 155 cm³/mol. The third kappa shape index (κ3) is 2.93. The first-order valence-electron chi connectivity index (χ1n) is 12.7. The number of rotatable bonds is 2. The quantitative estimate of drug-likeness (QED) is 0.243. The van der Waals surface area contributed by atoms with Crippen molar-refractivity contribution in [3.8, 4) is 22.3 Å². The Morgan fingerprint density at radius 1 is 0.514 bits per heavy atom. The van der Waals surface area contributed by atoms with Crippen molar-refractivity contribution in [2.24, 2.45) is 0 Å². The van der Waals surface area contributed by atoms with E-state index in [2.05, 4.69) is 137 Å². The fourth-order valence-electron chi connectivity index (χ4n) is 6.05. The maximum absolute atomic E-state index is 4.99. The highest BCUT2D eigenvalue weighted by Gasteiger charge is 2.48. The van der Waals surface area contributed by atoms with Gasteiger partial charge in [-0.05, 0) is 51.8 Å². The molecule has 0 spiro atoms. The van der Waals surface area contributed by atoms with Crippen molar-refractivity contribution in [3.05, 3.63) is 134 Å². The molecule has 4 heteroatoms. The summed E-state index contributed by atoms with van der Waals surface area (Å²) in [6.45, 7) is -0.0366.